The Bertz CT molecular complexity index is 1070. The molecule has 0 spiro atoms. The lowest BCUT2D eigenvalue weighted by molar-refractivity contribution is -0.121. The zero-order chi connectivity index (χ0) is 20.8. The predicted molar refractivity (Wildman–Crippen MR) is 111 cm³/mol. The number of carbonyl (C=O) groups excluding carboxylic acids is 2. The van der Waals surface area contributed by atoms with Gasteiger partial charge in [0.1, 0.15) is 12.2 Å². The fourth-order valence-electron chi connectivity index (χ4n) is 2.76. The van der Waals surface area contributed by atoms with E-state index in [1.54, 1.807) is 49.6 Å². The molecule has 0 atom stereocenters. The summed E-state index contributed by atoms with van der Waals surface area (Å²) in [6.45, 7) is 3.85. The van der Waals surface area contributed by atoms with Gasteiger partial charge in [0.2, 0.25) is 5.91 Å². The van der Waals surface area contributed by atoms with Crippen molar-refractivity contribution in [3.8, 4) is 0 Å². The van der Waals surface area contributed by atoms with Crippen LogP contribution in [0.25, 0.3) is 0 Å². The van der Waals surface area contributed by atoms with Gasteiger partial charge in [0.25, 0.3) is 11.5 Å². The molecule has 2 heterocycles. The summed E-state index contributed by atoms with van der Waals surface area (Å²) in [5.74, 6) is -0.681. The molecule has 0 aliphatic rings. The third kappa shape index (κ3) is 5.16. The molecule has 2 amide bonds. The van der Waals surface area contributed by atoms with Crippen LogP contribution < -0.4 is 16.2 Å². The molecule has 0 saturated carbocycles. The minimum atomic E-state index is -0.429. The topological polar surface area (TPSA) is 93.1 Å². The first-order chi connectivity index (χ1) is 13.9. The summed E-state index contributed by atoms with van der Waals surface area (Å²) in [6, 6.07) is 13.9. The van der Waals surface area contributed by atoms with Crippen molar-refractivity contribution in [2.24, 2.45) is 0 Å². The highest BCUT2D eigenvalue weighted by molar-refractivity contribution is 6.04. The normalized spacial score (nSPS) is 10.4. The highest BCUT2D eigenvalue weighted by Gasteiger charge is 2.13. The Hall–Kier alpha value is -3.74. The molecule has 7 nitrogen and oxygen atoms in total. The van der Waals surface area contributed by atoms with Crippen LogP contribution in [0.4, 0.5) is 5.69 Å². The van der Waals surface area contributed by atoms with Gasteiger partial charge in [0.15, 0.2) is 0 Å². The van der Waals surface area contributed by atoms with Gasteiger partial charge in [-0.2, -0.15) is 0 Å². The Morgan fingerprint density at radius 2 is 1.79 bits per heavy atom. The van der Waals surface area contributed by atoms with Gasteiger partial charge in [-0.25, -0.2) is 0 Å². The lowest BCUT2D eigenvalue weighted by Gasteiger charge is -2.13. The second-order valence-corrected chi connectivity index (χ2v) is 6.74. The molecule has 0 radical (unpaired) electrons. The number of nitrogens with zero attached hydrogens (tertiary/aromatic N) is 2. The zero-order valence-electron chi connectivity index (χ0n) is 16.3. The van der Waals surface area contributed by atoms with Gasteiger partial charge in [-0.15, -0.1) is 0 Å². The van der Waals surface area contributed by atoms with Gasteiger partial charge in [-0.1, -0.05) is 23.8 Å². The average molecular weight is 390 g/mol. The maximum absolute atomic E-state index is 12.8. The van der Waals surface area contributed by atoms with Gasteiger partial charge < -0.3 is 15.2 Å². The van der Waals surface area contributed by atoms with Crippen LogP contribution in [0.1, 0.15) is 27.2 Å². The quantitative estimate of drug-likeness (QED) is 0.676. The Morgan fingerprint density at radius 3 is 2.48 bits per heavy atom. The van der Waals surface area contributed by atoms with E-state index in [1.165, 1.54) is 4.57 Å². The maximum Gasteiger partial charge on any atom is 0.274 e. The van der Waals surface area contributed by atoms with Crippen LogP contribution in [0.2, 0.25) is 0 Å². The number of aromatic nitrogens is 2. The largest absolute Gasteiger partial charge is 0.350 e. The molecule has 3 rings (SSSR count). The van der Waals surface area contributed by atoms with Crippen LogP contribution >= 0.6 is 0 Å². The second kappa shape index (κ2) is 8.97. The van der Waals surface area contributed by atoms with E-state index in [2.05, 4.69) is 15.6 Å². The first-order valence-corrected chi connectivity index (χ1v) is 9.18. The molecular formula is C22H22N4O3. The molecule has 0 bridgehead atoms. The van der Waals surface area contributed by atoms with Crippen LogP contribution in [0.15, 0.2) is 65.7 Å². The highest BCUT2D eigenvalue weighted by Crippen LogP contribution is 2.08. The summed E-state index contributed by atoms with van der Waals surface area (Å²) in [7, 11) is 0. The van der Waals surface area contributed by atoms with E-state index in [0.29, 0.717) is 17.8 Å². The van der Waals surface area contributed by atoms with Gasteiger partial charge >= 0.3 is 0 Å². The molecule has 2 aromatic heterocycles. The van der Waals surface area contributed by atoms with Crippen LogP contribution in [0, 0.1) is 13.8 Å². The van der Waals surface area contributed by atoms with Crippen LogP contribution in [0.3, 0.4) is 0 Å². The van der Waals surface area contributed by atoms with Crippen LogP contribution in [-0.2, 0) is 17.9 Å². The van der Waals surface area contributed by atoms with Crippen LogP contribution in [0.5, 0.6) is 0 Å². The predicted octanol–water partition coefficient (Wildman–Crippen LogP) is 2.43. The van der Waals surface area contributed by atoms with Crippen molar-refractivity contribution in [2.45, 2.75) is 26.9 Å². The Morgan fingerprint density at radius 1 is 1.03 bits per heavy atom. The molecule has 0 unspecified atom stereocenters. The van der Waals surface area contributed by atoms with Crippen molar-refractivity contribution >= 4 is 17.5 Å². The third-order valence-electron chi connectivity index (χ3n) is 4.47. The lowest BCUT2D eigenvalue weighted by Crippen LogP contribution is -2.34. The number of carbonyl (C=O) groups is 2. The molecule has 1 aromatic carbocycles. The van der Waals surface area contributed by atoms with E-state index >= 15 is 0 Å². The SMILES string of the molecule is Cc1ccc(C(=O)Nc2ccc(C)n(CC(=O)NCc3cccnc3)c2=O)cc1. The Balaban J connectivity index is 1.71. The van der Waals surface area contributed by atoms with Crippen molar-refractivity contribution in [3.63, 3.8) is 0 Å². The molecule has 148 valence electrons. The van der Waals surface area contributed by atoms with E-state index < -0.39 is 5.56 Å². The molecule has 7 heteroatoms. The summed E-state index contributed by atoms with van der Waals surface area (Å²) in [6.07, 6.45) is 3.32. The first-order valence-electron chi connectivity index (χ1n) is 9.18. The number of pyridine rings is 2. The van der Waals surface area contributed by atoms with Gasteiger partial charge in [-0.3, -0.25) is 19.4 Å². The summed E-state index contributed by atoms with van der Waals surface area (Å²) in [4.78, 5) is 41.5. The molecule has 0 aliphatic carbocycles. The smallest absolute Gasteiger partial charge is 0.274 e. The van der Waals surface area contributed by atoms with Crippen molar-refractivity contribution < 1.29 is 9.59 Å². The van der Waals surface area contributed by atoms with Crippen molar-refractivity contribution in [1.29, 1.82) is 0 Å². The summed E-state index contributed by atoms with van der Waals surface area (Å²) < 4.78 is 1.34. The fraction of sp³-hybridized carbons (Fsp3) is 0.182. The number of rotatable bonds is 6. The van der Waals surface area contributed by atoms with E-state index in [9.17, 15) is 14.4 Å². The van der Waals surface area contributed by atoms with E-state index in [-0.39, 0.29) is 24.0 Å². The molecular weight excluding hydrogens is 368 g/mol. The zero-order valence-corrected chi connectivity index (χ0v) is 16.3. The number of hydrogen-bond acceptors (Lipinski definition) is 4. The lowest BCUT2D eigenvalue weighted by atomic mass is 10.1. The number of amides is 2. The van der Waals surface area contributed by atoms with E-state index in [0.717, 1.165) is 11.1 Å². The van der Waals surface area contributed by atoms with E-state index in [4.69, 9.17) is 0 Å². The number of hydrogen-bond donors (Lipinski definition) is 2. The van der Waals surface area contributed by atoms with Gasteiger partial charge in [0, 0.05) is 30.2 Å². The van der Waals surface area contributed by atoms with Crippen molar-refractivity contribution in [3.05, 3.63) is 93.7 Å². The Labute approximate surface area is 168 Å². The number of nitrogens with one attached hydrogen (secondary N) is 2. The number of benzene rings is 1. The van der Waals surface area contributed by atoms with Gasteiger partial charge in [-0.05, 0) is 49.7 Å². The number of anilines is 1. The van der Waals surface area contributed by atoms with Crippen LogP contribution in [-0.4, -0.2) is 21.4 Å². The first kappa shape index (κ1) is 20.0. The minimum absolute atomic E-state index is 0.126. The molecule has 3 aromatic rings. The van der Waals surface area contributed by atoms with Crippen molar-refractivity contribution in [2.75, 3.05) is 5.32 Å². The molecule has 0 saturated heterocycles. The second-order valence-electron chi connectivity index (χ2n) is 6.74. The number of aryl methyl sites for hydroxylation is 2. The molecule has 29 heavy (non-hydrogen) atoms. The molecule has 0 aliphatic heterocycles. The monoisotopic (exact) mass is 390 g/mol. The summed E-state index contributed by atoms with van der Waals surface area (Å²) >= 11 is 0. The highest BCUT2D eigenvalue weighted by atomic mass is 16.2. The fourth-order valence-corrected chi connectivity index (χ4v) is 2.76. The third-order valence-corrected chi connectivity index (χ3v) is 4.47. The molecule has 2 N–H and O–H groups in total. The maximum atomic E-state index is 12.8. The van der Waals surface area contributed by atoms with Gasteiger partial charge in [0.05, 0.1) is 0 Å². The average Bonchev–Trinajstić information content (AvgIpc) is 2.73. The standard InChI is InChI=1S/C22H22N4O3/c1-15-5-8-18(9-6-15)21(28)25-19-10-7-16(2)26(22(19)29)14-20(27)24-13-17-4-3-11-23-12-17/h3-12H,13-14H2,1-2H3,(H,24,27)(H,25,28). The van der Waals surface area contributed by atoms with E-state index in [1.807, 2.05) is 25.1 Å². The summed E-state index contributed by atoms with van der Waals surface area (Å²) in [5.41, 5.74) is 2.68. The van der Waals surface area contributed by atoms with Crippen molar-refractivity contribution in [1.82, 2.24) is 14.9 Å². The summed E-state index contributed by atoms with van der Waals surface area (Å²) in [5, 5.41) is 5.40. The Kier molecular flexibility index (Phi) is 6.19. The minimum Gasteiger partial charge on any atom is -0.350 e. The molecule has 0 fully saturated rings.